The molecule has 2 fully saturated rings. The number of anilines is 1. The van der Waals surface area contributed by atoms with Crippen LogP contribution in [0.2, 0.25) is 0 Å². The molecule has 7 heteroatoms. The Morgan fingerprint density at radius 3 is 2.38 bits per heavy atom. The maximum absolute atomic E-state index is 13.2. The third kappa shape index (κ3) is 6.25. The molecule has 3 amide bonds. The highest BCUT2D eigenvalue weighted by Gasteiger charge is 2.40. The number of rotatable bonds is 11. The maximum Gasteiger partial charge on any atom is 0.255 e. The summed E-state index contributed by atoms with van der Waals surface area (Å²) in [6.45, 7) is 8.68. The summed E-state index contributed by atoms with van der Waals surface area (Å²) in [7, 11) is 0. The molecule has 2 aromatic carbocycles. The Morgan fingerprint density at radius 2 is 1.73 bits per heavy atom. The largest absolute Gasteiger partial charge is 0.381 e. The first kappa shape index (κ1) is 28.3. The molecule has 40 heavy (non-hydrogen) atoms. The molecule has 1 aliphatic heterocycles. The predicted octanol–water partition coefficient (Wildman–Crippen LogP) is 5.39. The van der Waals surface area contributed by atoms with Gasteiger partial charge in [0.25, 0.3) is 5.91 Å². The van der Waals surface area contributed by atoms with Gasteiger partial charge in [-0.1, -0.05) is 50.6 Å². The molecule has 1 heterocycles. The lowest BCUT2D eigenvalue weighted by molar-refractivity contribution is -0.129. The van der Waals surface area contributed by atoms with E-state index in [1.165, 1.54) is 43.2 Å². The number of hydrogen-bond donors (Lipinski definition) is 3. The van der Waals surface area contributed by atoms with E-state index >= 15 is 0 Å². The number of carbonyl (C=O) groups excluding carboxylic acids is 3. The minimum atomic E-state index is -0.664. The molecule has 0 aromatic heterocycles. The Morgan fingerprint density at radius 1 is 1.05 bits per heavy atom. The molecule has 2 saturated carbocycles. The standard InChI is InChI=1S/C33H44N4O3/c1-4-6-30(31(39)35-21-38)37-20-28-27(32(37)40)7-5-8-29(28)34-18-23-9-11-24(12-10-23)19-36-33(3)16-25-13-22(2)14-26(15-25)17-33/h5,7-12,21-22,25-26,30,34,36H,4,6,13-20H2,1-3H3,(H,35,38,39). The quantitative estimate of drug-likeness (QED) is 0.330. The molecule has 214 valence electrons. The average Bonchev–Trinajstić information content (AvgIpc) is 3.25. The van der Waals surface area contributed by atoms with Crippen LogP contribution in [0.1, 0.15) is 92.8 Å². The lowest BCUT2D eigenvalue weighted by Gasteiger charge is -2.47. The van der Waals surface area contributed by atoms with Gasteiger partial charge < -0.3 is 15.5 Å². The number of hydrogen-bond acceptors (Lipinski definition) is 5. The molecule has 3 aliphatic rings. The van der Waals surface area contributed by atoms with Gasteiger partial charge in [0.15, 0.2) is 0 Å². The van der Waals surface area contributed by atoms with E-state index in [0.29, 0.717) is 31.5 Å². The number of amides is 3. The number of nitrogens with one attached hydrogen (secondary N) is 3. The summed E-state index contributed by atoms with van der Waals surface area (Å²) in [5, 5.41) is 9.64. The molecule has 2 bridgehead atoms. The van der Waals surface area contributed by atoms with Gasteiger partial charge in [0, 0.05) is 42.0 Å². The van der Waals surface area contributed by atoms with E-state index < -0.39 is 11.9 Å². The molecule has 5 rings (SSSR count). The van der Waals surface area contributed by atoms with Gasteiger partial charge in [-0.2, -0.15) is 0 Å². The van der Waals surface area contributed by atoms with E-state index in [2.05, 4.69) is 54.1 Å². The Hall–Kier alpha value is -3.19. The summed E-state index contributed by atoms with van der Waals surface area (Å²) in [4.78, 5) is 38.1. The third-order valence-electron chi connectivity index (χ3n) is 9.28. The fraction of sp³-hybridized carbons (Fsp3) is 0.545. The Bertz CT molecular complexity index is 1210. The van der Waals surface area contributed by atoms with Crippen LogP contribution in [0.4, 0.5) is 5.69 Å². The van der Waals surface area contributed by atoms with Crippen LogP contribution in [-0.4, -0.2) is 34.7 Å². The van der Waals surface area contributed by atoms with Crippen molar-refractivity contribution in [1.82, 2.24) is 15.5 Å². The van der Waals surface area contributed by atoms with Gasteiger partial charge in [0.2, 0.25) is 12.3 Å². The highest BCUT2D eigenvalue weighted by Crippen LogP contribution is 2.46. The molecule has 3 N–H and O–H groups in total. The van der Waals surface area contributed by atoms with Crippen LogP contribution < -0.4 is 16.0 Å². The van der Waals surface area contributed by atoms with Crippen LogP contribution in [-0.2, 0) is 29.2 Å². The minimum absolute atomic E-state index is 0.167. The number of fused-ring (bicyclic) bond motifs is 3. The average molecular weight is 545 g/mol. The van der Waals surface area contributed by atoms with Crippen molar-refractivity contribution in [3.05, 3.63) is 64.7 Å². The first-order valence-electron chi connectivity index (χ1n) is 15.0. The van der Waals surface area contributed by atoms with E-state index in [1.54, 1.807) is 4.90 Å². The summed E-state index contributed by atoms with van der Waals surface area (Å²) >= 11 is 0. The Kier molecular flexibility index (Phi) is 8.60. The zero-order valence-electron chi connectivity index (χ0n) is 24.2. The van der Waals surface area contributed by atoms with E-state index in [0.717, 1.165) is 42.0 Å². The van der Waals surface area contributed by atoms with Crippen LogP contribution in [0, 0.1) is 17.8 Å². The van der Waals surface area contributed by atoms with E-state index in [9.17, 15) is 14.4 Å². The molecule has 2 aromatic rings. The first-order chi connectivity index (χ1) is 19.3. The van der Waals surface area contributed by atoms with E-state index in [-0.39, 0.29) is 11.4 Å². The van der Waals surface area contributed by atoms with Crippen LogP contribution in [0.25, 0.3) is 0 Å². The zero-order valence-corrected chi connectivity index (χ0v) is 24.2. The topological polar surface area (TPSA) is 90.5 Å². The SMILES string of the molecule is CCCC(C(=O)NC=O)N1Cc2c(NCc3ccc(CNC4(C)CC5CC(C)CC(C5)C4)cc3)cccc2C1=O. The molecule has 0 radical (unpaired) electrons. The zero-order chi connectivity index (χ0) is 28.3. The summed E-state index contributed by atoms with van der Waals surface area (Å²) in [5.74, 6) is 2.04. The normalized spacial score (nSPS) is 26.2. The summed E-state index contributed by atoms with van der Waals surface area (Å²) in [6, 6.07) is 13.8. The van der Waals surface area contributed by atoms with Crippen molar-refractivity contribution in [3.63, 3.8) is 0 Å². The van der Waals surface area contributed by atoms with Gasteiger partial charge in [0.1, 0.15) is 6.04 Å². The van der Waals surface area contributed by atoms with Crippen molar-refractivity contribution in [1.29, 1.82) is 0 Å². The highest BCUT2D eigenvalue weighted by atomic mass is 16.2. The van der Waals surface area contributed by atoms with Gasteiger partial charge >= 0.3 is 0 Å². The number of nitrogens with zero attached hydrogens (tertiary/aromatic N) is 1. The van der Waals surface area contributed by atoms with Crippen LogP contribution >= 0.6 is 0 Å². The van der Waals surface area contributed by atoms with Gasteiger partial charge in [-0.25, -0.2) is 0 Å². The Balaban J connectivity index is 1.18. The summed E-state index contributed by atoms with van der Waals surface area (Å²) in [6.07, 6.45) is 8.40. The molecule has 3 unspecified atom stereocenters. The molecule has 0 saturated heterocycles. The minimum Gasteiger partial charge on any atom is -0.381 e. The first-order valence-corrected chi connectivity index (χ1v) is 15.0. The lowest BCUT2D eigenvalue weighted by Crippen LogP contribution is -2.50. The van der Waals surface area contributed by atoms with Gasteiger partial charge in [-0.15, -0.1) is 0 Å². The summed E-state index contributed by atoms with van der Waals surface area (Å²) in [5.41, 5.74) is 5.11. The monoisotopic (exact) mass is 544 g/mol. The summed E-state index contributed by atoms with van der Waals surface area (Å²) < 4.78 is 0. The Labute approximate surface area is 238 Å². The lowest BCUT2D eigenvalue weighted by atomic mass is 9.62. The predicted molar refractivity (Wildman–Crippen MR) is 157 cm³/mol. The molecular weight excluding hydrogens is 500 g/mol. The van der Waals surface area contributed by atoms with Crippen molar-refractivity contribution in [2.24, 2.45) is 17.8 Å². The third-order valence-corrected chi connectivity index (χ3v) is 9.28. The number of carbonyl (C=O) groups is 3. The smallest absolute Gasteiger partial charge is 0.255 e. The van der Waals surface area contributed by atoms with Crippen molar-refractivity contribution in [3.8, 4) is 0 Å². The number of benzene rings is 2. The van der Waals surface area contributed by atoms with Crippen molar-refractivity contribution >= 4 is 23.9 Å². The number of imide groups is 1. The van der Waals surface area contributed by atoms with Crippen LogP contribution in [0.3, 0.4) is 0 Å². The second-order valence-corrected chi connectivity index (χ2v) is 12.7. The molecule has 2 aliphatic carbocycles. The second-order valence-electron chi connectivity index (χ2n) is 12.7. The van der Waals surface area contributed by atoms with Gasteiger partial charge in [-0.3, -0.25) is 19.7 Å². The van der Waals surface area contributed by atoms with E-state index in [4.69, 9.17) is 0 Å². The van der Waals surface area contributed by atoms with E-state index in [1.807, 2.05) is 25.1 Å². The fourth-order valence-corrected chi connectivity index (χ4v) is 7.65. The van der Waals surface area contributed by atoms with Crippen molar-refractivity contribution < 1.29 is 14.4 Å². The fourth-order valence-electron chi connectivity index (χ4n) is 7.65. The van der Waals surface area contributed by atoms with Crippen LogP contribution in [0.15, 0.2) is 42.5 Å². The van der Waals surface area contributed by atoms with Crippen LogP contribution in [0.5, 0.6) is 0 Å². The van der Waals surface area contributed by atoms with Gasteiger partial charge in [-0.05, 0) is 86.5 Å². The van der Waals surface area contributed by atoms with Gasteiger partial charge in [0.05, 0.1) is 0 Å². The highest BCUT2D eigenvalue weighted by molar-refractivity contribution is 6.03. The molecule has 3 atom stereocenters. The molecule has 7 nitrogen and oxygen atoms in total. The molecular formula is C33H44N4O3. The second kappa shape index (κ2) is 12.1. The van der Waals surface area contributed by atoms with Crippen molar-refractivity contribution in [2.45, 2.75) is 96.9 Å². The van der Waals surface area contributed by atoms with Crippen molar-refractivity contribution in [2.75, 3.05) is 5.32 Å². The maximum atomic E-state index is 13.2. The molecule has 0 spiro atoms.